The summed E-state index contributed by atoms with van der Waals surface area (Å²) in [7, 11) is -3.55. The summed E-state index contributed by atoms with van der Waals surface area (Å²) < 4.78 is 26.5. The Hall–Kier alpha value is -2.58. The number of benzene rings is 2. The van der Waals surface area contributed by atoms with Crippen LogP contribution in [0, 0.1) is 13.8 Å². The molecule has 36 heavy (non-hydrogen) atoms. The molecule has 2 amide bonds. The van der Waals surface area contributed by atoms with Crippen molar-refractivity contribution in [2.75, 3.05) is 17.1 Å². The van der Waals surface area contributed by atoms with Crippen LogP contribution in [0.4, 0.5) is 5.69 Å². The van der Waals surface area contributed by atoms with Gasteiger partial charge in [0.15, 0.2) is 0 Å². The highest BCUT2D eigenvalue weighted by Gasteiger charge is 2.27. The number of hydrogen-bond donors (Lipinski definition) is 1. The number of halogens is 1. The van der Waals surface area contributed by atoms with Gasteiger partial charge in [0, 0.05) is 30.6 Å². The largest absolute Gasteiger partial charge is 0.352 e. The molecular formula is C27H38ClN3O4S. The summed E-state index contributed by atoms with van der Waals surface area (Å²) in [6.07, 6.45) is 2.35. The molecule has 1 N–H and O–H groups in total. The monoisotopic (exact) mass is 535 g/mol. The van der Waals surface area contributed by atoms with Crippen molar-refractivity contribution in [1.82, 2.24) is 10.2 Å². The van der Waals surface area contributed by atoms with Gasteiger partial charge in [0.25, 0.3) is 0 Å². The molecule has 0 radical (unpaired) electrons. The van der Waals surface area contributed by atoms with Gasteiger partial charge in [-0.3, -0.25) is 13.9 Å². The Kier molecular flexibility index (Phi) is 10.8. The third kappa shape index (κ3) is 8.52. The van der Waals surface area contributed by atoms with E-state index in [0.717, 1.165) is 23.1 Å². The Bertz CT molecular complexity index is 1170. The zero-order chi connectivity index (χ0) is 27.0. The minimum absolute atomic E-state index is 0.0102. The zero-order valence-corrected chi connectivity index (χ0v) is 23.6. The van der Waals surface area contributed by atoms with E-state index in [2.05, 4.69) is 5.32 Å². The summed E-state index contributed by atoms with van der Waals surface area (Å²) in [4.78, 5) is 27.8. The average molecular weight is 536 g/mol. The number of carbonyl (C=O) groups is 2. The van der Waals surface area contributed by atoms with Crippen molar-refractivity contribution >= 4 is 39.1 Å². The summed E-state index contributed by atoms with van der Waals surface area (Å²) >= 11 is 6.14. The number of aryl methyl sites for hydroxylation is 2. The maximum atomic E-state index is 13.4. The Labute approximate surface area is 220 Å². The minimum Gasteiger partial charge on any atom is -0.352 e. The Morgan fingerprint density at radius 1 is 1.08 bits per heavy atom. The van der Waals surface area contributed by atoms with Crippen molar-refractivity contribution in [2.24, 2.45) is 0 Å². The summed E-state index contributed by atoms with van der Waals surface area (Å²) in [5.74, 6) is -0.455. The summed E-state index contributed by atoms with van der Waals surface area (Å²) in [5, 5.41) is 3.49. The zero-order valence-electron chi connectivity index (χ0n) is 22.0. The number of anilines is 1. The Balaban J connectivity index is 2.21. The molecule has 0 bridgehead atoms. The fourth-order valence-electron chi connectivity index (χ4n) is 3.85. The van der Waals surface area contributed by atoms with E-state index in [1.807, 2.05) is 52.0 Å². The highest BCUT2D eigenvalue weighted by Crippen LogP contribution is 2.25. The summed E-state index contributed by atoms with van der Waals surface area (Å²) in [5.41, 5.74) is 3.22. The van der Waals surface area contributed by atoms with Crippen LogP contribution in [0.1, 0.15) is 56.7 Å². The third-order valence-corrected chi connectivity index (χ3v) is 7.61. The molecule has 0 aliphatic rings. The lowest BCUT2D eigenvalue weighted by Crippen LogP contribution is -2.49. The molecule has 2 atom stereocenters. The topological polar surface area (TPSA) is 86.8 Å². The number of carbonyl (C=O) groups excluding carboxylic acids is 2. The van der Waals surface area contributed by atoms with Crippen molar-refractivity contribution in [2.45, 2.75) is 72.5 Å². The van der Waals surface area contributed by atoms with Gasteiger partial charge in [-0.2, -0.15) is 0 Å². The smallest absolute Gasteiger partial charge is 0.242 e. The first-order chi connectivity index (χ1) is 16.8. The van der Waals surface area contributed by atoms with Gasteiger partial charge in [0.2, 0.25) is 21.8 Å². The van der Waals surface area contributed by atoms with E-state index in [1.165, 1.54) is 15.5 Å². The maximum absolute atomic E-state index is 13.4. The number of sulfonamides is 1. The molecule has 2 aromatic rings. The molecule has 0 aliphatic heterocycles. The molecule has 9 heteroatoms. The van der Waals surface area contributed by atoms with Crippen LogP contribution in [0.15, 0.2) is 42.5 Å². The van der Waals surface area contributed by atoms with Gasteiger partial charge in [-0.15, -0.1) is 0 Å². The highest BCUT2D eigenvalue weighted by molar-refractivity contribution is 7.92. The first-order valence-electron chi connectivity index (χ1n) is 12.2. The second-order valence-corrected chi connectivity index (χ2v) is 11.7. The fourth-order valence-corrected chi connectivity index (χ4v) is 5.08. The van der Waals surface area contributed by atoms with E-state index in [4.69, 9.17) is 11.6 Å². The number of nitrogens with zero attached hydrogens (tertiary/aromatic N) is 2. The van der Waals surface area contributed by atoms with Gasteiger partial charge in [-0.1, -0.05) is 42.8 Å². The maximum Gasteiger partial charge on any atom is 0.242 e. The lowest BCUT2D eigenvalue weighted by atomic mass is 10.1. The molecule has 2 rings (SSSR count). The van der Waals surface area contributed by atoms with Crippen molar-refractivity contribution in [3.8, 4) is 0 Å². The molecule has 0 saturated carbocycles. The SMILES string of the molecule is CC[C@H](C)NC(=O)[C@@H](C)N(Cc1cccc(Cl)c1)C(=O)CCCN(c1cc(C)ccc1C)S(C)(=O)=O. The first-order valence-corrected chi connectivity index (χ1v) is 14.4. The molecule has 198 valence electrons. The predicted octanol–water partition coefficient (Wildman–Crippen LogP) is 4.84. The Morgan fingerprint density at radius 2 is 1.78 bits per heavy atom. The van der Waals surface area contributed by atoms with E-state index < -0.39 is 16.1 Å². The van der Waals surface area contributed by atoms with Crippen LogP contribution in [0.3, 0.4) is 0 Å². The van der Waals surface area contributed by atoms with Crippen molar-refractivity contribution in [3.63, 3.8) is 0 Å². The van der Waals surface area contributed by atoms with Crippen molar-refractivity contribution < 1.29 is 18.0 Å². The molecule has 0 unspecified atom stereocenters. The summed E-state index contributed by atoms with van der Waals surface area (Å²) in [6, 6.07) is 12.1. The van der Waals surface area contributed by atoms with Crippen molar-refractivity contribution in [1.29, 1.82) is 0 Å². The predicted molar refractivity (Wildman–Crippen MR) is 147 cm³/mol. The van der Waals surface area contributed by atoms with Gasteiger partial charge >= 0.3 is 0 Å². The first kappa shape index (κ1) is 29.6. The molecule has 0 aliphatic carbocycles. The van der Waals surface area contributed by atoms with E-state index in [9.17, 15) is 18.0 Å². The average Bonchev–Trinajstić information content (AvgIpc) is 2.80. The highest BCUT2D eigenvalue weighted by atomic mass is 35.5. The second kappa shape index (κ2) is 13.1. The van der Waals surface area contributed by atoms with Gasteiger partial charge in [-0.05, 0) is 75.4 Å². The van der Waals surface area contributed by atoms with Gasteiger partial charge in [0.05, 0.1) is 11.9 Å². The molecule has 0 saturated heterocycles. The lowest BCUT2D eigenvalue weighted by molar-refractivity contribution is -0.140. The molecule has 0 spiro atoms. The van der Waals surface area contributed by atoms with Crippen LogP contribution in [0.2, 0.25) is 5.02 Å². The van der Waals surface area contributed by atoms with Crippen LogP contribution in [0.25, 0.3) is 0 Å². The van der Waals surface area contributed by atoms with Crippen LogP contribution in [0.5, 0.6) is 0 Å². The molecule has 2 aromatic carbocycles. The quantitative estimate of drug-likeness (QED) is 0.421. The van der Waals surface area contributed by atoms with Gasteiger partial charge in [-0.25, -0.2) is 8.42 Å². The standard InChI is InChI=1S/C27H38ClN3O4S/c1-7-21(4)29-27(33)22(5)30(18-23-10-8-11-24(28)17-23)26(32)12-9-15-31(36(6,34)35)25-16-19(2)13-14-20(25)3/h8,10-11,13-14,16-17,21-22H,7,9,12,15,18H2,1-6H3,(H,29,33)/t21-,22+/m0/s1. The number of amides is 2. The number of rotatable bonds is 12. The molecule has 0 heterocycles. The lowest BCUT2D eigenvalue weighted by Gasteiger charge is -2.30. The van der Waals surface area contributed by atoms with Crippen LogP contribution >= 0.6 is 11.6 Å². The normalized spacial score (nSPS) is 13.1. The van der Waals surface area contributed by atoms with Gasteiger partial charge in [0.1, 0.15) is 6.04 Å². The van der Waals surface area contributed by atoms with Crippen LogP contribution < -0.4 is 9.62 Å². The fraction of sp³-hybridized carbons (Fsp3) is 0.481. The van der Waals surface area contributed by atoms with E-state index >= 15 is 0 Å². The van der Waals surface area contributed by atoms with Gasteiger partial charge < -0.3 is 10.2 Å². The molecule has 0 fully saturated rings. The minimum atomic E-state index is -3.55. The van der Waals surface area contributed by atoms with Crippen LogP contribution in [-0.2, 0) is 26.2 Å². The number of hydrogen-bond acceptors (Lipinski definition) is 4. The van der Waals surface area contributed by atoms with E-state index in [0.29, 0.717) is 17.1 Å². The van der Waals surface area contributed by atoms with E-state index in [-0.39, 0.29) is 37.4 Å². The third-order valence-electron chi connectivity index (χ3n) is 6.20. The molecule has 7 nitrogen and oxygen atoms in total. The molecular weight excluding hydrogens is 498 g/mol. The van der Waals surface area contributed by atoms with E-state index in [1.54, 1.807) is 25.1 Å². The Morgan fingerprint density at radius 3 is 2.39 bits per heavy atom. The van der Waals surface area contributed by atoms with Crippen LogP contribution in [-0.4, -0.2) is 50.0 Å². The van der Waals surface area contributed by atoms with Crippen molar-refractivity contribution in [3.05, 3.63) is 64.2 Å². The second-order valence-electron chi connectivity index (χ2n) is 9.37. The number of nitrogens with one attached hydrogen (secondary N) is 1. The molecule has 0 aromatic heterocycles. The summed E-state index contributed by atoms with van der Waals surface area (Å²) in [6.45, 7) is 9.76.